The van der Waals surface area contributed by atoms with Gasteiger partial charge < -0.3 is 4.90 Å². The predicted molar refractivity (Wildman–Crippen MR) is 309 cm³/mol. The van der Waals surface area contributed by atoms with E-state index in [1.54, 1.807) is 0 Å². The minimum Gasteiger partial charge on any atom is -0.311 e. The van der Waals surface area contributed by atoms with Crippen LogP contribution in [0.25, 0.3) is 34.9 Å². The number of hydrogen-bond donors (Lipinski definition) is 0. The summed E-state index contributed by atoms with van der Waals surface area (Å²) >= 11 is 0. The molecule has 4 heteroatoms. The van der Waals surface area contributed by atoms with E-state index in [4.69, 9.17) is 0 Å². The molecule has 1 nitrogen and oxygen atoms in total. The van der Waals surface area contributed by atoms with Crippen LogP contribution in [0.4, 0.5) is 17.1 Å². The highest BCUT2D eigenvalue weighted by Gasteiger charge is 2.31. The Morgan fingerprint density at radius 1 is 0.243 bits per heavy atom. The molecule has 9 aromatic carbocycles. The first-order chi connectivity index (χ1) is 34.0. The van der Waals surface area contributed by atoms with Gasteiger partial charge in [0.15, 0.2) is 0 Å². The van der Waals surface area contributed by atoms with E-state index in [0.717, 1.165) is 17.1 Å². The lowest BCUT2D eigenvalue weighted by Gasteiger charge is -2.34. The fourth-order valence-electron chi connectivity index (χ4n) is 11.2. The third kappa shape index (κ3) is 7.35. The van der Waals surface area contributed by atoms with Crippen LogP contribution in [0.5, 0.6) is 0 Å². The smallest absolute Gasteiger partial charge is 0.0462 e. The van der Waals surface area contributed by atoms with Gasteiger partial charge in [-0.15, -0.1) is 0 Å². The zero-order chi connectivity index (χ0) is 47.8. The van der Waals surface area contributed by atoms with Crippen LogP contribution in [0.3, 0.4) is 0 Å². The summed E-state index contributed by atoms with van der Waals surface area (Å²) in [7, 11) is -3.72. The number of fused-ring (bicyclic) bond motifs is 6. The van der Waals surface area contributed by atoms with Crippen molar-refractivity contribution in [2.24, 2.45) is 0 Å². The maximum atomic E-state index is 2.44. The van der Waals surface area contributed by atoms with Crippen molar-refractivity contribution < 1.29 is 0 Å². The topological polar surface area (TPSA) is 3.24 Å². The number of rotatable bonds is 6. The van der Waals surface area contributed by atoms with Crippen molar-refractivity contribution in [3.05, 3.63) is 268 Å². The maximum absolute atomic E-state index is 2.44. The van der Waals surface area contributed by atoms with Gasteiger partial charge in [-0.05, 0) is 195 Å². The molecule has 0 fully saturated rings. The van der Waals surface area contributed by atoms with E-state index >= 15 is 0 Å². The minimum atomic E-state index is -1.24. The average molecular weight is 960 g/mol. The first-order valence-electron chi connectivity index (χ1n) is 24.0. The van der Waals surface area contributed by atoms with E-state index in [9.17, 15) is 0 Å². The van der Waals surface area contributed by atoms with E-state index in [1.807, 2.05) is 0 Å². The number of nitrogens with zero attached hydrogens (tertiary/aromatic N) is 1. The molecular weight excluding hydrogens is 903 g/mol. The van der Waals surface area contributed by atoms with E-state index in [2.05, 4.69) is 279 Å². The summed E-state index contributed by atoms with van der Waals surface area (Å²) in [6.07, 6.45) is 21.9. The van der Waals surface area contributed by atoms with Gasteiger partial charge in [-0.3, -0.25) is 0 Å². The van der Waals surface area contributed by atoms with Gasteiger partial charge >= 0.3 is 0 Å². The van der Waals surface area contributed by atoms with Crippen molar-refractivity contribution in [1.29, 1.82) is 0 Å². The Hall–Kier alpha value is -6.95. The fourth-order valence-corrected chi connectivity index (χ4v) is 18.7. The number of benzene rings is 9. The molecule has 3 heterocycles. The van der Waals surface area contributed by atoms with Gasteiger partial charge in [0.1, 0.15) is 0 Å². The van der Waals surface area contributed by atoms with Crippen molar-refractivity contribution in [2.45, 2.75) is 29.4 Å². The summed E-state index contributed by atoms with van der Waals surface area (Å²) < 4.78 is 0. The Morgan fingerprint density at radius 2 is 0.471 bits per heavy atom. The van der Waals surface area contributed by atoms with Crippen molar-refractivity contribution in [3.63, 3.8) is 0 Å². The second-order valence-corrected chi connectivity index (χ2v) is 30.3. The Bertz CT molecular complexity index is 3230. The SMILES string of the molecule is CS1(C)c2ccccc2C=C(c2ccc(N(c3ccc(C4=Cc5ccccc5S(C)(C)c5ccccc54)cc3)c3ccc(C4=Cc5ccccc5S(C)(C)c5ccccc54)cc3)cc2)c2ccccc21. The predicted octanol–water partition coefficient (Wildman–Crippen LogP) is 18.3. The Kier molecular flexibility index (Phi) is 10.9. The summed E-state index contributed by atoms with van der Waals surface area (Å²) in [5.41, 5.74) is 18.6. The van der Waals surface area contributed by atoms with Crippen LogP contribution in [-0.4, -0.2) is 37.5 Å². The van der Waals surface area contributed by atoms with E-state index < -0.39 is 30.1 Å². The highest BCUT2D eigenvalue weighted by Crippen LogP contribution is 2.64. The molecule has 12 rings (SSSR count). The van der Waals surface area contributed by atoms with Crippen molar-refractivity contribution in [2.75, 3.05) is 42.4 Å². The first-order valence-corrected chi connectivity index (χ1v) is 31.4. The molecule has 0 atom stereocenters. The normalized spacial score (nSPS) is 17.0. The molecule has 0 saturated carbocycles. The molecule has 0 radical (unpaired) electrons. The molecule has 0 spiro atoms. The number of hydrogen-bond acceptors (Lipinski definition) is 1. The van der Waals surface area contributed by atoms with Crippen LogP contribution in [0.2, 0.25) is 0 Å². The summed E-state index contributed by atoms with van der Waals surface area (Å²) in [6, 6.07) is 82.0. The molecule has 3 aliphatic rings. The Balaban J connectivity index is 0.981. The lowest BCUT2D eigenvalue weighted by Crippen LogP contribution is -2.10. The van der Waals surface area contributed by atoms with Gasteiger partial charge in [0.25, 0.3) is 0 Å². The third-order valence-electron chi connectivity index (χ3n) is 14.8. The molecule has 0 unspecified atom stereocenters. The first kappa shape index (κ1) is 44.3. The van der Waals surface area contributed by atoms with Crippen molar-refractivity contribution in [1.82, 2.24) is 0 Å². The Morgan fingerprint density at radius 3 is 0.743 bits per heavy atom. The highest BCUT2D eigenvalue weighted by molar-refractivity contribution is 8.33. The van der Waals surface area contributed by atoms with Crippen molar-refractivity contribution in [3.8, 4) is 0 Å². The van der Waals surface area contributed by atoms with Crippen LogP contribution in [0.15, 0.2) is 248 Å². The van der Waals surface area contributed by atoms with E-state index in [-0.39, 0.29) is 0 Å². The van der Waals surface area contributed by atoms with Crippen LogP contribution < -0.4 is 4.90 Å². The molecule has 0 amide bonds. The van der Waals surface area contributed by atoms with Gasteiger partial charge in [0.05, 0.1) is 0 Å². The molecule has 70 heavy (non-hydrogen) atoms. The molecule has 0 bridgehead atoms. The van der Waals surface area contributed by atoms with E-state index in [0.29, 0.717) is 0 Å². The van der Waals surface area contributed by atoms with Crippen molar-refractivity contribution >= 4 is 82.1 Å². The standard InChI is InChI=1S/C66H57NS3/c1-68(2)61-25-13-7-19-49(61)43-58(55-22-10-16-28-64(55)68)46-31-37-52(38-32-46)67(53-39-33-47(34-40-53)59-44-50-20-8-14-26-62(50)69(3,4)65-29-17-11-23-56(59)65)54-41-35-48(36-42-54)60-45-51-21-9-15-27-63(51)70(5,6)66-30-18-12-24-57(60)66/h7-45H,1-6H3. The molecule has 344 valence electrons. The third-order valence-corrected chi connectivity index (χ3v) is 23.6. The quantitative estimate of drug-likeness (QED) is 0.161. The summed E-state index contributed by atoms with van der Waals surface area (Å²) in [6.45, 7) is 0. The average Bonchev–Trinajstić information content (AvgIpc) is 3.62. The lowest BCUT2D eigenvalue weighted by atomic mass is 9.94. The number of anilines is 3. The molecule has 3 aliphatic heterocycles. The van der Waals surface area contributed by atoms with Gasteiger partial charge in [-0.2, -0.15) is 30.1 Å². The summed E-state index contributed by atoms with van der Waals surface area (Å²) in [5.74, 6) is 0. The highest BCUT2D eigenvalue weighted by atomic mass is 32.3. The second-order valence-electron chi connectivity index (χ2n) is 19.7. The zero-order valence-corrected chi connectivity index (χ0v) is 43.1. The van der Waals surface area contributed by atoms with Crippen LogP contribution in [-0.2, 0) is 0 Å². The molecular formula is C66H57NS3. The Labute approximate surface area is 419 Å². The van der Waals surface area contributed by atoms with Crippen LogP contribution in [0.1, 0.15) is 50.1 Å². The van der Waals surface area contributed by atoms with Crippen LogP contribution >= 0.6 is 30.1 Å². The van der Waals surface area contributed by atoms with E-state index in [1.165, 1.54) is 96.2 Å². The van der Waals surface area contributed by atoms with Crippen LogP contribution in [0, 0.1) is 0 Å². The fraction of sp³-hybridized carbons (Fsp3) is 0.0909. The molecule has 9 aromatic rings. The minimum absolute atomic E-state index is 1.11. The van der Waals surface area contributed by atoms with Gasteiger partial charge in [-0.1, -0.05) is 146 Å². The zero-order valence-electron chi connectivity index (χ0n) is 40.7. The van der Waals surface area contributed by atoms with Gasteiger partial charge in [0.2, 0.25) is 0 Å². The monoisotopic (exact) mass is 959 g/mol. The van der Waals surface area contributed by atoms with Gasteiger partial charge in [-0.25, -0.2) is 0 Å². The molecule has 0 aromatic heterocycles. The summed E-state index contributed by atoms with van der Waals surface area (Å²) in [5, 5.41) is 0. The maximum Gasteiger partial charge on any atom is 0.0462 e. The molecule has 0 N–H and O–H groups in total. The summed E-state index contributed by atoms with van der Waals surface area (Å²) in [4.78, 5) is 11.0. The van der Waals surface area contributed by atoms with Gasteiger partial charge in [0, 0.05) is 46.4 Å². The molecule has 0 aliphatic carbocycles. The second kappa shape index (κ2) is 17.2. The molecule has 0 saturated heterocycles. The largest absolute Gasteiger partial charge is 0.311 e. The lowest BCUT2D eigenvalue weighted by molar-refractivity contribution is 1.27.